The van der Waals surface area contributed by atoms with Crippen molar-refractivity contribution in [2.45, 2.75) is 17.7 Å². The molecule has 0 radical (unpaired) electrons. The molecule has 2 aromatic rings. The highest BCUT2D eigenvalue weighted by molar-refractivity contribution is 7.89. The van der Waals surface area contributed by atoms with E-state index in [1.54, 1.807) is 24.3 Å². The molecule has 1 saturated heterocycles. The summed E-state index contributed by atoms with van der Waals surface area (Å²) in [5, 5.41) is 3.19. The molecule has 0 unspecified atom stereocenters. The number of hydrogen-bond donors (Lipinski definition) is 1. The summed E-state index contributed by atoms with van der Waals surface area (Å²) < 4.78 is 31.9. The van der Waals surface area contributed by atoms with Gasteiger partial charge in [-0.1, -0.05) is 11.6 Å². The Morgan fingerprint density at radius 1 is 1.37 bits per heavy atom. The Morgan fingerprint density at radius 2 is 2.19 bits per heavy atom. The number of benzene rings is 1. The number of nitrogens with zero attached hydrogens (tertiary/aromatic N) is 2. The summed E-state index contributed by atoms with van der Waals surface area (Å²) in [6, 6.07) is 8.04. The second-order valence-corrected chi connectivity index (χ2v) is 8.57. The first-order valence-corrected chi connectivity index (χ1v) is 10.3. The van der Waals surface area contributed by atoms with E-state index in [0.717, 1.165) is 0 Å². The van der Waals surface area contributed by atoms with Crippen LogP contribution in [0.25, 0.3) is 0 Å². The summed E-state index contributed by atoms with van der Waals surface area (Å²) in [5.41, 5.74) is 0.540. The molecule has 0 aliphatic carbocycles. The lowest BCUT2D eigenvalue weighted by molar-refractivity contribution is -0.120. The van der Waals surface area contributed by atoms with Crippen LogP contribution in [0.2, 0.25) is 5.02 Å². The maximum atomic E-state index is 12.8. The number of aromatic nitrogens is 1. The van der Waals surface area contributed by atoms with E-state index in [2.05, 4.69) is 10.3 Å². The number of piperidine rings is 1. The Labute approximate surface area is 163 Å². The number of methoxy groups -OCH3 is 1. The molecule has 144 valence electrons. The molecule has 9 heteroatoms. The van der Waals surface area contributed by atoms with E-state index in [1.165, 1.54) is 29.9 Å². The fourth-order valence-electron chi connectivity index (χ4n) is 3.01. The molecular formula is C18H20ClN3O4S. The highest BCUT2D eigenvalue weighted by Gasteiger charge is 2.33. The van der Waals surface area contributed by atoms with Gasteiger partial charge in [0, 0.05) is 31.2 Å². The lowest BCUT2D eigenvalue weighted by Gasteiger charge is -2.31. The van der Waals surface area contributed by atoms with Gasteiger partial charge in [-0.15, -0.1) is 0 Å². The third-order valence-corrected chi connectivity index (χ3v) is 6.59. The Morgan fingerprint density at radius 3 is 2.85 bits per heavy atom. The minimum Gasteiger partial charge on any atom is -0.495 e. The molecule has 2 heterocycles. The molecule has 0 spiro atoms. The van der Waals surface area contributed by atoms with Crippen LogP contribution in [0.4, 0.5) is 5.69 Å². The van der Waals surface area contributed by atoms with Crippen molar-refractivity contribution in [1.82, 2.24) is 9.29 Å². The predicted molar refractivity (Wildman–Crippen MR) is 102 cm³/mol. The van der Waals surface area contributed by atoms with Crippen LogP contribution in [0.15, 0.2) is 47.6 Å². The number of nitrogens with one attached hydrogen (secondary N) is 1. The number of hydrogen-bond acceptors (Lipinski definition) is 5. The van der Waals surface area contributed by atoms with Gasteiger partial charge in [-0.3, -0.25) is 9.78 Å². The highest BCUT2D eigenvalue weighted by Crippen LogP contribution is 2.28. The third-order valence-electron chi connectivity index (χ3n) is 4.45. The van der Waals surface area contributed by atoms with Crippen LogP contribution in [0.5, 0.6) is 5.75 Å². The molecule has 1 aliphatic rings. The van der Waals surface area contributed by atoms with Gasteiger partial charge in [-0.25, -0.2) is 8.42 Å². The molecule has 1 aliphatic heterocycles. The van der Waals surface area contributed by atoms with Gasteiger partial charge in [-0.05, 0) is 43.2 Å². The molecule has 3 rings (SSSR count). The molecule has 1 aromatic heterocycles. The molecule has 0 saturated carbocycles. The molecule has 1 fully saturated rings. The number of carbonyl (C=O) groups is 1. The van der Waals surface area contributed by atoms with E-state index < -0.39 is 15.9 Å². The van der Waals surface area contributed by atoms with E-state index in [1.807, 2.05) is 0 Å². The Hall–Kier alpha value is -2.16. The van der Waals surface area contributed by atoms with Crippen LogP contribution < -0.4 is 10.1 Å². The average Bonchev–Trinajstić information content (AvgIpc) is 2.69. The second kappa shape index (κ2) is 8.24. The van der Waals surface area contributed by atoms with Crippen LogP contribution in [0.1, 0.15) is 12.8 Å². The second-order valence-electron chi connectivity index (χ2n) is 6.23. The van der Waals surface area contributed by atoms with Gasteiger partial charge in [0.1, 0.15) is 10.6 Å². The standard InChI is InChI=1S/C18H20ClN3O4S/c1-26-17-7-6-14(10-16(17)19)21-18(23)13-4-3-9-22(12-13)27(24,25)15-5-2-8-20-11-15/h2,5-8,10-11,13H,3-4,9,12H2,1H3,(H,21,23)/t13-/m1/s1. The number of ether oxygens (including phenoxy) is 1. The maximum absolute atomic E-state index is 12.8. The largest absolute Gasteiger partial charge is 0.495 e. The summed E-state index contributed by atoms with van der Waals surface area (Å²) in [6.07, 6.45) is 4.07. The normalized spacial score (nSPS) is 18.1. The van der Waals surface area contributed by atoms with Crippen molar-refractivity contribution in [2.75, 3.05) is 25.5 Å². The lowest BCUT2D eigenvalue weighted by Crippen LogP contribution is -2.43. The van der Waals surface area contributed by atoms with Crippen molar-refractivity contribution in [3.63, 3.8) is 0 Å². The maximum Gasteiger partial charge on any atom is 0.244 e. The average molecular weight is 410 g/mol. The zero-order valence-electron chi connectivity index (χ0n) is 14.8. The van der Waals surface area contributed by atoms with Crippen molar-refractivity contribution >= 4 is 33.2 Å². The number of rotatable bonds is 5. The molecule has 27 heavy (non-hydrogen) atoms. The van der Waals surface area contributed by atoms with Gasteiger partial charge in [0.15, 0.2) is 0 Å². The first-order chi connectivity index (χ1) is 12.9. The van der Waals surface area contributed by atoms with Gasteiger partial charge in [0.25, 0.3) is 0 Å². The quantitative estimate of drug-likeness (QED) is 0.820. The SMILES string of the molecule is COc1ccc(NC(=O)[C@@H]2CCCN(S(=O)(=O)c3cccnc3)C2)cc1Cl. The van der Waals surface area contributed by atoms with Crippen molar-refractivity contribution in [1.29, 1.82) is 0 Å². The van der Waals surface area contributed by atoms with Crippen molar-refractivity contribution in [3.05, 3.63) is 47.7 Å². The van der Waals surface area contributed by atoms with Gasteiger partial charge in [0.05, 0.1) is 18.1 Å². The van der Waals surface area contributed by atoms with E-state index >= 15 is 0 Å². The zero-order valence-corrected chi connectivity index (χ0v) is 16.3. The first-order valence-electron chi connectivity index (χ1n) is 8.46. The summed E-state index contributed by atoms with van der Waals surface area (Å²) in [4.78, 5) is 16.6. The highest BCUT2D eigenvalue weighted by atomic mass is 35.5. The fraction of sp³-hybridized carbons (Fsp3) is 0.333. The summed E-state index contributed by atoms with van der Waals surface area (Å²) in [5.74, 6) is -0.158. The molecule has 1 amide bonds. The number of anilines is 1. The van der Waals surface area contributed by atoms with Crippen molar-refractivity contribution < 1.29 is 17.9 Å². The summed E-state index contributed by atoms with van der Waals surface area (Å²) in [7, 11) is -2.15. The molecule has 0 bridgehead atoms. The number of amides is 1. The van der Waals surface area contributed by atoms with Crippen LogP contribution in [-0.2, 0) is 14.8 Å². The van der Waals surface area contributed by atoms with Crippen LogP contribution >= 0.6 is 11.6 Å². The number of carbonyl (C=O) groups excluding carboxylic acids is 1. The predicted octanol–water partition coefficient (Wildman–Crippen LogP) is 2.78. The fourth-order valence-corrected chi connectivity index (χ4v) is 4.76. The molecular weight excluding hydrogens is 390 g/mol. The summed E-state index contributed by atoms with van der Waals surface area (Å²) in [6.45, 7) is 0.516. The monoisotopic (exact) mass is 409 g/mol. The van der Waals surface area contributed by atoms with Gasteiger partial charge in [-0.2, -0.15) is 4.31 Å². The van der Waals surface area contributed by atoms with Gasteiger partial charge >= 0.3 is 0 Å². The molecule has 1 N–H and O–H groups in total. The smallest absolute Gasteiger partial charge is 0.244 e. The lowest BCUT2D eigenvalue weighted by atomic mass is 9.98. The van der Waals surface area contributed by atoms with Crippen molar-refractivity contribution in [3.8, 4) is 5.75 Å². The Balaban J connectivity index is 1.70. The van der Waals surface area contributed by atoms with E-state index in [4.69, 9.17) is 16.3 Å². The van der Waals surface area contributed by atoms with Gasteiger partial charge in [0.2, 0.25) is 15.9 Å². The topological polar surface area (TPSA) is 88.6 Å². The molecule has 7 nitrogen and oxygen atoms in total. The van der Waals surface area contributed by atoms with E-state index in [9.17, 15) is 13.2 Å². The minimum absolute atomic E-state index is 0.132. The molecule has 1 aromatic carbocycles. The number of pyridine rings is 1. The van der Waals surface area contributed by atoms with Crippen molar-refractivity contribution in [2.24, 2.45) is 5.92 Å². The first kappa shape index (κ1) is 19.6. The summed E-state index contributed by atoms with van der Waals surface area (Å²) >= 11 is 6.08. The van der Waals surface area contributed by atoms with Crippen LogP contribution in [0.3, 0.4) is 0 Å². The van der Waals surface area contributed by atoms with E-state index in [-0.39, 0.29) is 17.3 Å². The zero-order chi connectivity index (χ0) is 19.4. The third kappa shape index (κ3) is 4.40. The molecule has 1 atom stereocenters. The van der Waals surface area contributed by atoms with Crippen LogP contribution in [0, 0.1) is 5.92 Å². The number of halogens is 1. The number of sulfonamides is 1. The van der Waals surface area contributed by atoms with E-state index in [0.29, 0.717) is 35.8 Å². The Bertz CT molecular complexity index is 921. The van der Waals surface area contributed by atoms with Crippen LogP contribution in [-0.4, -0.2) is 43.8 Å². The Kier molecular flexibility index (Phi) is 5.98. The van der Waals surface area contributed by atoms with Gasteiger partial charge < -0.3 is 10.1 Å². The minimum atomic E-state index is -3.66.